The third-order valence-corrected chi connectivity index (χ3v) is 6.59. The normalized spacial score (nSPS) is 27.7. The van der Waals surface area contributed by atoms with Crippen LogP contribution >= 0.6 is 0 Å². The second kappa shape index (κ2) is 8.66. The molecule has 138 valence electrons. The van der Waals surface area contributed by atoms with Crippen LogP contribution in [0.4, 0.5) is 0 Å². The van der Waals surface area contributed by atoms with Gasteiger partial charge in [-0.1, -0.05) is 25.7 Å². The van der Waals surface area contributed by atoms with Gasteiger partial charge < -0.3 is 14.4 Å². The predicted octanol–water partition coefficient (Wildman–Crippen LogP) is 3.78. The minimum atomic E-state index is 0.0406. The van der Waals surface area contributed by atoms with Crippen molar-refractivity contribution >= 4 is 5.91 Å². The molecule has 1 amide bonds. The molecular formula is C20H35NO3. The van der Waals surface area contributed by atoms with Crippen LogP contribution in [0.5, 0.6) is 0 Å². The summed E-state index contributed by atoms with van der Waals surface area (Å²) in [4.78, 5) is 14.6. The molecule has 0 radical (unpaired) electrons. The molecule has 24 heavy (non-hydrogen) atoms. The van der Waals surface area contributed by atoms with Crippen LogP contribution in [0.25, 0.3) is 0 Å². The first-order valence-electron chi connectivity index (χ1n) is 10.1. The molecule has 1 spiro atoms. The van der Waals surface area contributed by atoms with Crippen LogP contribution in [0, 0.1) is 11.8 Å². The topological polar surface area (TPSA) is 38.8 Å². The van der Waals surface area contributed by atoms with Crippen LogP contribution in [-0.4, -0.2) is 49.8 Å². The van der Waals surface area contributed by atoms with Crippen LogP contribution in [0.2, 0.25) is 0 Å². The van der Waals surface area contributed by atoms with Gasteiger partial charge in [0.25, 0.3) is 0 Å². The Morgan fingerprint density at radius 3 is 2.58 bits per heavy atom. The van der Waals surface area contributed by atoms with Crippen molar-refractivity contribution in [2.45, 2.75) is 76.2 Å². The lowest BCUT2D eigenvalue weighted by Crippen LogP contribution is -2.50. The van der Waals surface area contributed by atoms with E-state index < -0.39 is 0 Å². The maximum Gasteiger partial charge on any atom is 0.222 e. The Bertz CT molecular complexity index is 398. The highest BCUT2D eigenvalue weighted by atomic mass is 16.5. The molecule has 4 nitrogen and oxygen atoms in total. The highest BCUT2D eigenvalue weighted by Crippen LogP contribution is 2.39. The third-order valence-electron chi connectivity index (χ3n) is 6.59. The zero-order valence-corrected chi connectivity index (χ0v) is 15.4. The average Bonchev–Trinajstić information content (AvgIpc) is 3.12. The van der Waals surface area contributed by atoms with Crippen molar-refractivity contribution in [2.75, 3.05) is 33.4 Å². The van der Waals surface area contributed by atoms with E-state index >= 15 is 0 Å². The molecule has 0 aromatic carbocycles. The van der Waals surface area contributed by atoms with Crippen LogP contribution in [0.1, 0.15) is 70.6 Å². The molecule has 1 atom stereocenters. The number of methoxy groups -OCH3 is 1. The molecule has 0 bridgehead atoms. The number of likely N-dealkylation sites (tertiary alicyclic amines) is 1. The summed E-state index contributed by atoms with van der Waals surface area (Å²) in [6.45, 7) is 3.51. The van der Waals surface area contributed by atoms with E-state index in [-0.39, 0.29) is 5.60 Å². The zero-order chi connectivity index (χ0) is 16.8. The number of carbonyl (C=O) groups is 1. The highest BCUT2D eigenvalue weighted by Gasteiger charge is 2.40. The van der Waals surface area contributed by atoms with Crippen molar-refractivity contribution in [1.82, 2.24) is 4.90 Å². The van der Waals surface area contributed by atoms with E-state index in [1.165, 1.54) is 25.7 Å². The first-order valence-corrected chi connectivity index (χ1v) is 10.1. The van der Waals surface area contributed by atoms with Crippen molar-refractivity contribution < 1.29 is 14.3 Å². The van der Waals surface area contributed by atoms with Crippen molar-refractivity contribution in [3.63, 3.8) is 0 Å². The molecule has 0 N–H and O–H groups in total. The van der Waals surface area contributed by atoms with Gasteiger partial charge in [-0.05, 0) is 50.4 Å². The Morgan fingerprint density at radius 1 is 1.12 bits per heavy atom. The van der Waals surface area contributed by atoms with E-state index in [9.17, 15) is 4.79 Å². The Kier molecular flexibility index (Phi) is 6.56. The summed E-state index contributed by atoms with van der Waals surface area (Å²) in [5, 5.41) is 0. The summed E-state index contributed by atoms with van der Waals surface area (Å²) in [5.41, 5.74) is 0.0406. The second-order valence-electron chi connectivity index (χ2n) is 8.24. The molecule has 3 aliphatic rings. The summed E-state index contributed by atoms with van der Waals surface area (Å²) in [5.74, 6) is 1.92. The van der Waals surface area contributed by atoms with Gasteiger partial charge in [0.05, 0.1) is 5.60 Å². The summed E-state index contributed by atoms with van der Waals surface area (Å²) in [6.07, 6.45) is 12.8. The molecule has 0 aromatic rings. The first kappa shape index (κ1) is 18.2. The quantitative estimate of drug-likeness (QED) is 0.740. The molecule has 2 heterocycles. The fraction of sp³-hybridized carbons (Fsp3) is 0.950. The summed E-state index contributed by atoms with van der Waals surface area (Å²) >= 11 is 0. The molecule has 4 heteroatoms. The van der Waals surface area contributed by atoms with Gasteiger partial charge in [-0.3, -0.25) is 4.79 Å². The standard InChI is InChI=1S/C20H35NO3/c1-23-14-8-18-9-15-24-20(16-18)10-12-21(13-11-20)19(22)7-6-17-4-2-3-5-17/h17-18H,2-16H2,1H3. The number of rotatable bonds is 6. The number of hydrogen-bond acceptors (Lipinski definition) is 3. The van der Waals surface area contributed by atoms with Crippen molar-refractivity contribution in [3.05, 3.63) is 0 Å². The van der Waals surface area contributed by atoms with Gasteiger partial charge in [0, 0.05) is 39.8 Å². The van der Waals surface area contributed by atoms with E-state index in [4.69, 9.17) is 9.47 Å². The van der Waals surface area contributed by atoms with Crippen LogP contribution in [-0.2, 0) is 14.3 Å². The first-order chi connectivity index (χ1) is 11.7. The van der Waals surface area contributed by atoms with Crippen molar-refractivity contribution in [3.8, 4) is 0 Å². The zero-order valence-electron chi connectivity index (χ0n) is 15.4. The van der Waals surface area contributed by atoms with Crippen LogP contribution in [0.3, 0.4) is 0 Å². The molecular weight excluding hydrogens is 302 g/mol. The minimum absolute atomic E-state index is 0.0406. The predicted molar refractivity (Wildman–Crippen MR) is 94.9 cm³/mol. The van der Waals surface area contributed by atoms with Gasteiger partial charge in [-0.15, -0.1) is 0 Å². The Balaban J connectivity index is 1.41. The maximum atomic E-state index is 12.5. The van der Waals surface area contributed by atoms with Gasteiger partial charge in [0.2, 0.25) is 5.91 Å². The molecule has 1 saturated carbocycles. The lowest BCUT2D eigenvalue weighted by molar-refractivity contribution is -0.148. The number of nitrogens with zero attached hydrogens (tertiary/aromatic N) is 1. The summed E-state index contributed by atoms with van der Waals surface area (Å²) < 4.78 is 11.5. The monoisotopic (exact) mass is 337 g/mol. The number of ether oxygens (including phenoxy) is 2. The number of amides is 1. The van der Waals surface area contributed by atoms with Crippen molar-refractivity contribution in [2.24, 2.45) is 11.8 Å². The molecule has 1 unspecified atom stereocenters. The second-order valence-corrected chi connectivity index (χ2v) is 8.24. The minimum Gasteiger partial charge on any atom is -0.385 e. The third kappa shape index (κ3) is 4.72. The van der Waals surface area contributed by atoms with Gasteiger partial charge in [0.15, 0.2) is 0 Å². The number of piperidine rings is 1. The lowest BCUT2D eigenvalue weighted by atomic mass is 9.78. The van der Waals surface area contributed by atoms with Gasteiger partial charge in [-0.2, -0.15) is 0 Å². The van der Waals surface area contributed by atoms with E-state index in [0.29, 0.717) is 5.91 Å². The van der Waals surface area contributed by atoms with Gasteiger partial charge in [0.1, 0.15) is 0 Å². The molecule has 2 saturated heterocycles. The van der Waals surface area contributed by atoms with Gasteiger partial charge in [-0.25, -0.2) is 0 Å². The van der Waals surface area contributed by atoms with E-state index in [2.05, 4.69) is 4.90 Å². The van der Waals surface area contributed by atoms with E-state index in [1.807, 2.05) is 0 Å². The van der Waals surface area contributed by atoms with Crippen LogP contribution in [0.15, 0.2) is 0 Å². The fourth-order valence-electron chi connectivity index (χ4n) is 4.96. The number of hydrogen-bond donors (Lipinski definition) is 0. The van der Waals surface area contributed by atoms with E-state index in [1.54, 1.807) is 7.11 Å². The molecule has 3 fully saturated rings. The molecule has 2 aliphatic heterocycles. The number of carbonyl (C=O) groups excluding carboxylic acids is 1. The van der Waals surface area contributed by atoms with Crippen molar-refractivity contribution in [1.29, 1.82) is 0 Å². The Labute approximate surface area is 147 Å². The average molecular weight is 338 g/mol. The largest absolute Gasteiger partial charge is 0.385 e. The van der Waals surface area contributed by atoms with Gasteiger partial charge >= 0.3 is 0 Å². The molecule has 0 aromatic heterocycles. The molecule has 1 aliphatic carbocycles. The van der Waals surface area contributed by atoms with E-state index in [0.717, 1.165) is 83.1 Å². The fourth-order valence-corrected chi connectivity index (χ4v) is 4.96. The highest BCUT2D eigenvalue weighted by molar-refractivity contribution is 5.76. The Hall–Kier alpha value is -0.610. The lowest BCUT2D eigenvalue weighted by Gasteiger charge is -2.46. The Morgan fingerprint density at radius 2 is 1.88 bits per heavy atom. The maximum absolute atomic E-state index is 12.5. The summed E-state index contributed by atoms with van der Waals surface area (Å²) in [7, 11) is 1.78. The SMILES string of the molecule is COCCC1CCOC2(CCN(C(=O)CCC3CCCC3)CC2)C1. The smallest absolute Gasteiger partial charge is 0.222 e. The molecule has 3 rings (SSSR count). The van der Waals surface area contributed by atoms with Crippen LogP contribution < -0.4 is 0 Å². The summed E-state index contributed by atoms with van der Waals surface area (Å²) in [6, 6.07) is 0.